The Hall–Kier alpha value is -1.92. The predicted octanol–water partition coefficient (Wildman–Crippen LogP) is 4.91. The Balaban J connectivity index is 1.21. The van der Waals surface area contributed by atoms with Crippen LogP contribution in [-0.4, -0.2) is 48.2 Å². The largest absolute Gasteiger partial charge is 0.371 e. The lowest BCUT2D eigenvalue weighted by atomic mass is 9.47. The van der Waals surface area contributed by atoms with E-state index in [1.54, 1.807) is 24.3 Å². The average Bonchev–Trinajstić information content (AvgIpc) is 3.18. The van der Waals surface area contributed by atoms with Crippen LogP contribution < -0.4 is 5.06 Å². The summed E-state index contributed by atoms with van der Waals surface area (Å²) >= 11 is 0. The third-order valence-corrected chi connectivity index (χ3v) is 10.5. The molecule has 2 amide bonds. The van der Waals surface area contributed by atoms with Gasteiger partial charge in [-0.2, -0.15) is 5.06 Å². The van der Waals surface area contributed by atoms with Gasteiger partial charge >= 0.3 is 0 Å². The molecule has 6 heteroatoms. The molecular weight excluding hydrogens is 428 g/mol. The highest BCUT2D eigenvalue weighted by molar-refractivity contribution is 5.91. The maximum atomic E-state index is 12.4. The van der Waals surface area contributed by atoms with E-state index in [9.17, 15) is 14.8 Å². The van der Waals surface area contributed by atoms with Crippen LogP contribution in [0.15, 0.2) is 30.3 Å². The zero-order valence-corrected chi connectivity index (χ0v) is 20.9. The summed E-state index contributed by atoms with van der Waals surface area (Å²) in [6.45, 7) is 5.41. The molecule has 1 aromatic rings. The first kappa shape index (κ1) is 23.8. The summed E-state index contributed by atoms with van der Waals surface area (Å²) in [6.07, 6.45) is 8.93. The van der Waals surface area contributed by atoms with Crippen molar-refractivity contribution < 1.29 is 19.5 Å². The molecule has 0 spiro atoms. The van der Waals surface area contributed by atoms with Crippen LogP contribution in [0.2, 0.25) is 0 Å². The first-order chi connectivity index (χ1) is 16.3. The van der Waals surface area contributed by atoms with Gasteiger partial charge in [-0.3, -0.25) is 14.8 Å². The molecule has 3 aliphatic carbocycles. The summed E-state index contributed by atoms with van der Waals surface area (Å²) in [5, 5.41) is 10.9. The number of piperidine rings is 1. The fourth-order valence-corrected chi connectivity index (χ4v) is 8.60. The highest BCUT2D eigenvalue weighted by Crippen LogP contribution is 2.66. The standard InChI is InChI=1S/C28H40N2O4/c1-27-15-13-23-21(10-12-24-28(23,2)16-14-25(31)29(24)3)22(27)11-9-19(27)17-34-18-26(32)30(33)20-7-5-4-6-8-20/h4-8,19,21-24,33H,9-18H2,1-3H3/t19?,21-,22-,23-,24+,27+,28+/m0/s1. The third-order valence-electron chi connectivity index (χ3n) is 10.5. The highest BCUT2D eigenvalue weighted by atomic mass is 16.5. The van der Waals surface area contributed by atoms with Crippen LogP contribution >= 0.6 is 0 Å². The van der Waals surface area contributed by atoms with E-state index in [2.05, 4.69) is 18.7 Å². The lowest BCUT2D eigenvalue weighted by molar-refractivity contribution is -0.159. The lowest BCUT2D eigenvalue weighted by Crippen LogP contribution is -2.61. The van der Waals surface area contributed by atoms with Gasteiger partial charge in [0.2, 0.25) is 5.91 Å². The van der Waals surface area contributed by atoms with Gasteiger partial charge in [-0.15, -0.1) is 0 Å². The number of fused-ring (bicyclic) bond motifs is 5. The first-order valence-corrected chi connectivity index (χ1v) is 13.2. The molecule has 0 bridgehead atoms. The second kappa shape index (κ2) is 8.94. The van der Waals surface area contributed by atoms with E-state index < -0.39 is 5.91 Å². The number of rotatable bonds is 5. The Morgan fingerprint density at radius 3 is 2.56 bits per heavy atom. The number of hydrogen-bond acceptors (Lipinski definition) is 4. The van der Waals surface area contributed by atoms with Gasteiger partial charge in [0.1, 0.15) is 6.61 Å². The van der Waals surface area contributed by atoms with E-state index in [1.165, 1.54) is 25.7 Å². The number of ether oxygens (including phenoxy) is 1. The van der Waals surface area contributed by atoms with Crippen LogP contribution in [0.1, 0.15) is 65.2 Å². The first-order valence-electron chi connectivity index (χ1n) is 13.2. The molecule has 3 saturated carbocycles. The fraction of sp³-hybridized carbons (Fsp3) is 0.714. The van der Waals surface area contributed by atoms with Gasteiger partial charge in [0.15, 0.2) is 0 Å². The van der Waals surface area contributed by atoms with Gasteiger partial charge in [-0.1, -0.05) is 32.0 Å². The SMILES string of the molecule is CN1C(=O)CC[C@]2(C)[C@H]3CC[C@]4(C)C(COCC(=O)N(O)c5ccccc5)CC[C@H]4[C@@H]3CC[C@@H]12. The third kappa shape index (κ3) is 3.78. The van der Waals surface area contributed by atoms with Crippen molar-refractivity contribution in [3.05, 3.63) is 30.3 Å². The summed E-state index contributed by atoms with van der Waals surface area (Å²) in [5.74, 6) is 2.49. The van der Waals surface area contributed by atoms with E-state index in [4.69, 9.17) is 4.74 Å². The molecule has 4 fully saturated rings. The van der Waals surface area contributed by atoms with Gasteiger partial charge in [-0.25, -0.2) is 0 Å². The summed E-state index contributed by atoms with van der Waals surface area (Å²) in [6, 6.07) is 9.24. The molecule has 5 rings (SSSR count). The quantitative estimate of drug-likeness (QED) is 0.493. The van der Waals surface area contributed by atoms with Crippen molar-refractivity contribution in [2.24, 2.45) is 34.5 Å². The number of likely N-dealkylation sites (tertiary alicyclic amines) is 1. The number of hydroxylamine groups is 1. The summed E-state index contributed by atoms with van der Waals surface area (Å²) < 4.78 is 5.91. The summed E-state index contributed by atoms with van der Waals surface area (Å²) in [7, 11) is 2.02. The molecule has 1 aromatic carbocycles. The zero-order valence-electron chi connectivity index (χ0n) is 20.9. The lowest BCUT2D eigenvalue weighted by Gasteiger charge is -2.61. The normalized spacial score (nSPS) is 39.2. The maximum absolute atomic E-state index is 12.4. The molecule has 0 radical (unpaired) electrons. The van der Waals surface area contributed by atoms with Crippen LogP contribution in [0.25, 0.3) is 0 Å². The molecule has 4 aliphatic rings. The van der Waals surface area contributed by atoms with Gasteiger partial charge in [0.05, 0.1) is 12.3 Å². The Kier molecular flexibility index (Phi) is 6.26. The number of para-hydroxylation sites is 1. The molecule has 7 atom stereocenters. The predicted molar refractivity (Wildman–Crippen MR) is 130 cm³/mol. The number of amides is 2. The minimum Gasteiger partial charge on any atom is -0.371 e. The van der Waals surface area contributed by atoms with Crippen molar-refractivity contribution in [2.45, 2.75) is 71.3 Å². The minimum atomic E-state index is -0.433. The number of benzene rings is 1. The molecule has 1 aliphatic heterocycles. The molecule has 0 aromatic heterocycles. The molecular formula is C28H40N2O4. The van der Waals surface area contributed by atoms with Crippen LogP contribution in [-0.2, 0) is 14.3 Å². The minimum absolute atomic E-state index is 0.102. The van der Waals surface area contributed by atoms with Gasteiger partial charge in [0.25, 0.3) is 5.91 Å². The number of hydrogen-bond donors (Lipinski definition) is 1. The monoisotopic (exact) mass is 468 g/mol. The number of carbonyl (C=O) groups is 2. The number of carbonyl (C=O) groups excluding carboxylic acids is 2. The average molecular weight is 469 g/mol. The van der Waals surface area contributed by atoms with Crippen LogP contribution in [0.5, 0.6) is 0 Å². The molecule has 1 heterocycles. The molecule has 1 unspecified atom stereocenters. The van der Waals surface area contributed by atoms with Gasteiger partial charge < -0.3 is 9.64 Å². The Bertz CT molecular complexity index is 922. The van der Waals surface area contributed by atoms with Gasteiger partial charge in [-0.05, 0) is 91.6 Å². The topological polar surface area (TPSA) is 70.1 Å². The Morgan fingerprint density at radius 2 is 1.79 bits per heavy atom. The van der Waals surface area contributed by atoms with Crippen LogP contribution in [0.4, 0.5) is 5.69 Å². The van der Waals surface area contributed by atoms with E-state index in [1.807, 2.05) is 13.1 Å². The summed E-state index contributed by atoms with van der Waals surface area (Å²) in [4.78, 5) is 26.8. The van der Waals surface area contributed by atoms with Crippen molar-refractivity contribution in [3.8, 4) is 0 Å². The van der Waals surface area contributed by atoms with E-state index >= 15 is 0 Å². The van der Waals surface area contributed by atoms with Crippen molar-refractivity contribution in [1.82, 2.24) is 4.90 Å². The van der Waals surface area contributed by atoms with Crippen molar-refractivity contribution in [1.29, 1.82) is 0 Å². The smallest absolute Gasteiger partial charge is 0.276 e. The van der Waals surface area contributed by atoms with Crippen molar-refractivity contribution in [3.63, 3.8) is 0 Å². The Labute approximate surface area is 203 Å². The number of anilines is 1. The van der Waals surface area contributed by atoms with E-state index in [-0.39, 0.29) is 17.4 Å². The van der Waals surface area contributed by atoms with Crippen molar-refractivity contribution >= 4 is 17.5 Å². The van der Waals surface area contributed by atoms with Crippen LogP contribution in [0, 0.1) is 34.5 Å². The molecule has 1 N–H and O–H groups in total. The molecule has 34 heavy (non-hydrogen) atoms. The van der Waals surface area contributed by atoms with E-state index in [0.29, 0.717) is 53.5 Å². The van der Waals surface area contributed by atoms with Crippen molar-refractivity contribution in [2.75, 3.05) is 25.3 Å². The number of nitrogens with zero attached hydrogens (tertiary/aromatic N) is 2. The molecule has 1 saturated heterocycles. The second-order valence-corrected chi connectivity index (χ2v) is 11.9. The zero-order chi connectivity index (χ0) is 24.1. The fourth-order valence-electron chi connectivity index (χ4n) is 8.60. The highest BCUT2D eigenvalue weighted by Gasteiger charge is 2.61. The maximum Gasteiger partial charge on any atom is 0.276 e. The van der Waals surface area contributed by atoms with Crippen LogP contribution in [0.3, 0.4) is 0 Å². The summed E-state index contributed by atoms with van der Waals surface area (Å²) in [5.41, 5.74) is 0.958. The van der Waals surface area contributed by atoms with Gasteiger partial charge in [0, 0.05) is 19.5 Å². The molecule has 186 valence electrons. The second-order valence-electron chi connectivity index (χ2n) is 11.9. The Morgan fingerprint density at radius 1 is 1.06 bits per heavy atom. The van der Waals surface area contributed by atoms with E-state index in [0.717, 1.165) is 25.2 Å². The molecule has 6 nitrogen and oxygen atoms in total.